The van der Waals surface area contributed by atoms with Gasteiger partial charge in [-0.25, -0.2) is 0 Å². The average Bonchev–Trinajstić information content (AvgIpc) is 2.01. The highest BCUT2D eigenvalue weighted by Crippen LogP contribution is 2.47. The van der Waals surface area contributed by atoms with Gasteiger partial charge in [-0.1, -0.05) is 13.8 Å². The van der Waals surface area contributed by atoms with Gasteiger partial charge in [0, 0.05) is 19.0 Å². The molecule has 2 N–H and O–H groups in total. The molecule has 0 bridgehead atoms. The van der Waals surface area contributed by atoms with Gasteiger partial charge in [0.1, 0.15) is 0 Å². The molecule has 1 heterocycles. The Bertz CT molecular complexity index is 186. The number of hydrogen-bond donors (Lipinski definition) is 2. The standard InChI is InChI=1S/C10H19NO/c1-9(2)3-4-10(12,7-9)8-5-11-6-8/h8,11-12H,3-7H2,1-2H3. The first-order chi connectivity index (χ1) is 5.52. The van der Waals surface area contributed by atoms with Crippen LogP contribution < -0.4 is 5.32 Å². The Kier molecular flexibility index (Phi) is 1.74. The van der Waals surface area contributed by atoms with E-state index in [-0.39, 0.29) is 5.60 Å². The van der Waals surface area contributed by atoms with Crippen molar-refractivity contribution >= 4 is 0 Å². The van der Waals surface area contributed by atoms with Gasteiger partial charge >= 0.3 is 0 Å². The lowest BCUT2D eigenvalue weighted by molar-refractivity contribution is -0.0401. The lowest BCUT2D eigenvalue weighted by Crippen LogP contribution is -2.55. The van der Waals surface area contributed by atoms with Gasteiger partial charge in [0.2, 0.25) is 0 Å². The third-order valence-corrected chi connectivity index (χ3v) is 3.56. The Labute approximate surface area is 74.4 Å². The molecule has 0 aromatic heterocycles. The molecule has 2 fully saturated rings. The van der Waals surface area contributed by atoms with Gasteiger partial charge in [-0.15, -0.1) is 0 Å². The van der Waals surface area contributed by atoms with E-state index < -0.39 is 0 Å². The van der Waals surface area contributed by atoms with Crippen molar-refractivity contribution in [1.29, 1.82) is 0 Å². The van der Waals surface area contributed by atoms with Crippen molar-refractivity contribution in [3.8, 4) is 0 Å². The number of rotatable bonds is 1. The molecule has 0 aromatic carbocycles. The first-order valence-electron chi connectivity index (χ1n) is 4.95. The quantitative estimate of drug-likeness (QED) is 0.617. The molecule has 1 unspecified atom stereocenters. The lowest BCUT2D eigenvalue weighted by atomic mass is 9.79. The second kappa shape index (κ2) is 2.46. The van der Waals surface area contributed by atoms with E-state index in [1.165, 1.54) is 6.42 Å². The fourth-order valence-corrected chi connectivity index (χ4v) is 2.58. The minimum absolute atomic E-state index is 0.339. The van der Waals surface area contributed by atoms with Crippen LogP contribution in [0, 0.1) is 11.3 Å². The van der Waals surface area contributed by atoms with E-state index in [0.717, 1.165) is 25.9 Å². The van der Waals surface area contributed by atoms with Crippen LogP contribution in [0.3, 0.4) is 0 Å². The van der Waals surface area contributed by atoms with E-state index in [2.05, 4.69) is 19.2 Å². The van der Waals surface area contributed by atoms with Crippen LogP contribution in [0.4, 0.5) is 0 Å². The summed E-state index contributed by atoms with van der Waals surface area (Å²) in [5.74, 6) is 0.527. The van der Waals surface area contributed by atoms with Gasteiger partial charge in [-0.3, -0.25) is 0 Å². The van der Waals surface area contributed by atoms with Gasteiger partial charge in [-0.05, 0) is 24.7 Å². The fraction of sp³-hybridized carbons (Fsp3) is 1.00. The van der Waals surface area contributed by atoms with Crippen LogP contribution >= 0.6 is 0 Å². The van der Waals surface area contributed by atoms with Crippen LogP contribution in [-0.2, 0) is 0 Å². The zero-order valence-electron chi connectivity index (χ0n) is 8.06. The highest BCUT2D eigenvalue weighted by atomic mass is 16.3. The van der Waals surface area contributed by atoms with Crippen molar-refractivity contribution in [1.82, 2.24) is 5.32 Å². The van der Waals surface area contributed by atoms with E-state index in [9.17, 15) is 5.11 Å². The van der Waals surface area contributed by atoms with Gasteiger partial charge in [0.05, 0.1) is 5.60 Å². The SMILES string of the molecule is CC1(C)CCC(O)(C2CNC2)C1. The maximum absolute atomic E-state index is 10.3. The Hall–Kier alpha value is -0.0800. The summed E-state index contributed by atoms with van der Waals surface area (Å²) < 4.78 is 0. The molecular formula is C10H19NO. The molecule has 1 atom stereocenters. The van der Waals surface area contributed by atoms with Gasteiger partial charge < -0.3 is 10.4 Å². The van der Waals surface area contributed by atoms with Crippen molar-refractivity contribution in [2.45, 2.75) is 38.7 Å². The number of aliphatic hydroxyl groups is 1. The summed E-state index contributed by atoms with van der Waals surface area (Å²) in [6, 6.07) is 0. The zero-order valence-corrected chi connectivity index (χ0v) is 8.06. The number of hydrogen-bond acceptors (Lipinski definition) is 2. The van der Waals surface area contributed by atoms with E-state index in [4.69, 9.17) is 0 Å². The van der Waals surface area contributed by atoms with E-state index in [0.29, 0.717) is 11.3 Å². The molecule has 2 rings (SSSR count). The smallest absolute Gasteiger partial charge is 0.0705 e. The third kappa shape index (κ3) is 1.27. The predicted octanol–water partition coefficient (Wildman–Crippen LogP) is 1.15. The summed E-state index contributed by atoms with van der Waals surface area (Å²) in [6.45, 7) is 6.56. The maximum atomic E-state index is 10.3. The molecule has 0 radical (unpaired) electrons. The van der Waals surface area contributed by atoms with E-state index >= 15 is 0 Å². The predicted molar refractivity (Wildman–Crippen MR) is 48.9 cm³/mol. The molecule has 2 nitrogen and oxygen atoms in total. The molecule has 1 aliphatic carbocycles. The molecule has 0 aromatic rings. The van der Waals surface area contributed by atoms with Crippen molar-refractivity contribution in [2.24, 2.45) is 11.3 Å². The minimum atomic E-state index is -0.339. The molecule has 2 heteroatoms. The van der Waals surface area contributed by atoms with Crippen molar-refractivity contribution in [3.05, 3.63) is 0 Å². The van der Waals surface area contributed by atoms with E-state index in [1.807, 2.05) is 0 Å². The molecule has 2 aliphatic rings. The summed E-state index contributed by atoms with van der Waals surface area (Å²) in [5.41, 5.74) is 0.0269. The fourth-order valence-electron chi connectivity index (χ4n) is 2.58. The highest BCUT2D eigenvalue weighted by molar-refractivity contribution is 5.01. The van der Waals surface area contributed by atoms with Gasteiger partial charge in [-0.2, -0.15) is 0 Å². The van der Waals surface area contributed by atoms with Crippen LogP contribution in [-0.4, -0.2) is 23.8 Å². The third-order valence-electron chi connectivity index (χ3n) is 3.56. The molecular weight excluding hydrogens is 150 g/mol. The van der Waals surface area contributed by atoms with Gasteiger partial charge in [0.25, 0.3) is 0 Å². The zero-order chi connectivity index (χ0) is 8.82. The van der Waals surface area contributed by atoms with Crippen LogP contribution in [0.2, 0.25) is 0 Å². The lowest BCUT2D eigenvalue weighted by Gasteiger charge is -2.40. The van der Waals surface area contributed by atoms with Crippen molar-refractivity contribution in [2.75, 3.05) is 13.1 Å². The van der Waals surface area contributed by atoms with Crippen LogP contribution in [0.5, 0.6) is 0 Å². The molecule has 1 saturated heterocycles. The second-order valence-corrected chi connectivity index (χ2v) is 5.30. The van der Waals surface area contributed by atoms with E-state index in [1.54, 1.807) is 0 Å². The highest BCUT2D eigenvalue weighted by Gasteiger charge is 2.48. The maximum Gasteiger partial charge on any atom is 0.0705 e. The van der Waals surface area contributed by atoms with Gasteiger partial charge in [0.15, 0.2) is 0 Å². The largest absolute Gasteiger partial charge is 0.389 e. The van der Waals surface area contributed by atoms with Crippen molar-refractivity contribution < 1.29 is 5.11 Å². The molecule has 0 amide bonds. The normalized spacial score (nSPS) is 41.2. The van der Waals surface area contributed by atoms with Crippen LogP contribution in [0.1, 0.15) is 33.1 Å². The average molecular weight is 169 g/mol. The summed E-state index contributed by atoms with van der Waals surface area (Å²) >= 11 is 0. The molecule has 0 spiro atoms. The first kappa shape index (κ1) is 8.52. The molecule has 1 saturated carbocycles. The molecule has 12 heavy (non-hydrogen) atoms. The Morgan fingerprint density at radius 1 is 1.25 bits per heavy atom. The van der Waals surface area contributed by atoms with Crippen LogP contribution in [0.25, 0.3) is 0 Å². The second-order valence-electron chi connectivity index (χ2n) is 5.30. The summed E-state index contributed by atoms with van der Waals surface area (Å²) in [6.07, 6.45) is 3.18. The Balaban J connectivity index is 2.03. The Morgan fingerprint density at radius 3 is 2.25 bits per heavy atom. The van der Waals surface area contributed by atoms with Crippen LogP contribution in [0.15, 0.2) is 0 Å². The molecule has 1 aliphatic heterocycles. The summed E-state index contributed by atoms with van der Waals surface area (Å²) in [7, 11) is 0. The topological polar surface area (TPSA) is 32.3 Å². The Morgan fingerprint density at radius 2 is 1.92 bits per heavy atom. The molecule has 70 valence electrons. The minimum Gasteiger partial charge on any atom is -0.389 e. The first-order valence-corrected chi connectivity index (χ1v) is 4.95. The number of nitrogens with one attached hydrogen (secondary N) is 1. The summed E-state index contributed by atoms with van der Waals surface area (Å²) in [5, 5.41) is 13.5. The monoisotopic (exact) mass is 169 g/mol. The summed E-state index contributed by atoms with van der Waals surface area (Å²) in [4.78, 5) is 0. The van der Waals surface area contributed by atoms with Crippen molar-refractivity contribution in [3.63, 3.8) is 0 Å².